The van der Waals surface area contributed by atoms with Gasteiger partial charge in [-0.3, -0.25) is 4.79 Å². The molecule has 1 aliphatic rings. The van der Waals surface area contributed by atoms with Crippen LogP contribution < -0.4 is 10.0 Å². The molecule has 0 aromatic heterocycles. The summed E-state index contributed by atoms with van der Waals surface area (Å²) in [4.78, 5) is 14.6. The maximum Gasteiger partial charge on any atom is 0.254 e. The first-order valence-corrected chi connectivity index (χ1v) is 9.14. The lowest BCUT2D eigenvalue weighted by Gasteiger charge is -2.24. The topological polar surface area (TPSA) is 78.5 Å². The van der Waals surface area contributed by atoms with Gasteiger partial charge in [-0.15, -0.1) is 19.0 Å². The van der Waals surface area contributed by atoms with E-state index < -0.39 is 10.0 Å². The molecule has 1 fully saturated rings. The first-order chi connectivity index (χ1) is 11.0. The van der Waals surface area contributed by atoms with Gasteiger partial charge in [0.15, 0.2) is 0 Å². The molecule has 24 heavy (non-hydrogen) atoms. The molecule has 2 N–H and O–H groups in total. The van der Waals surface area contributed by atoms with Crippen molar-refractivity contribution in [3.63, 3.8) is 0 Å². The van der Waals surface area contributed by atoms with Crippen molar-refractivity contribution in [1.82, 2.24) is 14.9 Å². The van der Waals surface area contributed by atoms with Gasteiger partial charge >= 0.3 is 0 Å². The highest BCUT2D eigenvalue weighted by atomic mass is 35.5. The zero-order chi connectivity index (χ0) is 16.9. The standard InChI is InChI=1S/C16H23N3O3S.ClH/c1-3-10-18-23(21,22)15-8-6-13(7-9-15)16(20)19-11-4-5-14(19)12-17-2;/h3,6-9,14,17-18H,1,4-5,10-12H2,2H3;1H. The van der Waals surface area contributed by atoms with Gasteiger partial charge in [0, 0.05) is 31.2 Å². The average molecular weight is 374 g/mol. The summed E-state index contributed by atoms with van der Waals surface area (Å²) in [5, 5.41) is 3.10. The number of halogens is 1. The van der Waals surface area contributed by atoms with Gasteiger partial charge in [-0.1, -0.05) is 6.08 Å². The quantitative estimate of drug-likeness (QED) is 0.708. The van der Waals surface area contributed by atoms with Crippen LogP contribution >= 0.6 is 12.4 Å². The molecule has 1 aromatic rings. The van der Waals surface area contributed by atoms with Crippen LogP contribution in [0, 0.1) is 0 Å². The lowest BCUT2D eigenvalue weighted by atomic mass is 10.1. The molecule has 8 heteroatoms. The molecule has 0 saturated carbocycles. The van der Waals surface area contributed by atoms with Crippen molar-refractivity contribution < 1.29 is 13.2 Å². The van der Waals surface area contributed by atoms with Gasteiger partial charge in [-0.2, -0.15) is 0 Å². The van der Waals surface area contributed by atoms with Gasteiger partial charge in [0.25, 0.3) is 5.91 Å². The van der Waals surface area contributed by atoms with Gasteiger partial charge in [0.2, 0.25) is 10.0 Å². The molecule has 1 aromatic carbocycles. The number of nitrogens with one attached hydrogen (secondary N) is 2. The Morgan fingerprint density at radius 1 is 1.38 bits per heavy atom. The molecule has 0 bridgehead atoms. The fraction of sp³-hybridized carbons (Fsp3) is 0.438. The molecule has 0 spiro atoms. The second-order valence-corrected chi connectivity index (χ2v) is 7.28. The zero-order valence-electron chi connectivity index (χ0n) is 13.7. The van der Waals surface area contributed by atoms with Crippen LogP contribution in [0.1, 0.15) is 23.2 Å². The summed E-state index contributed by atoms with van der Waals surface area (Å²) < 4.78 is 26.4. The Labute approximate surface area is 149 Å². The largest absolute Gasteiger partial charge is 0.334 e. The van der Waals surface area contributed by atoms with E-state index in [4.69, 9.17) is 0 Å². The van der Waals surface area contributed by atoms with Gasteiger partial charge in [-0.05, 0) is 44.2 Å². The molecule has 1 amide bonds. The Balaban J connectivity index is 0.00000288. The summed E-state index contributed by atoms with van der Waals surface area (Å²) in [5.41, 5.74) is 0.510. The predicted octanol–water partition coefficient (Wildman–Crippen LogP) is 1.40. The first kappa shape index (κ1) is 20.6. The summed E-state index contributed by atoms with van der Waals surface area (Å²) in [6.45, 7) is 5.16. The van der Waals surface area contributed by atoms with Gasteiger partial charge in [0.05, 0.1) is 4.90 Å². The average Bonchev–Trinajstić information content (AvgIpc) is 3.01. The molecular weight excluding hydrogens is 350 g/mol. The summed E-state index contributed by atoms with van der Waals surface area (Å²) >= 11 is 0. The number of carbonyl (C=O) groups is 1. The van der Waals surface area contributed by atoms with Crippen LogP contribution in [0.4, 0.5) is 0 Å². The predicted molar refractivity (Wildman–Crippen MR) is 97.1 cm³/mol. The number of rotatable bonds is 7. The molecule has 0 radical (unpaired) electrons. The number of nitrogens with zero attached hydrogens (tertiary/aromatic N) is 1. The number of hydrogen-bond donors (Lipinski definition) is 2. The van der Waals surface area contributed by atoms with Crippen LogP contribution in [0.3, 0.4) is 0 Å². The van der Waals surface area contributed by atoms with Gasteiger partial charge in [-0.25, -0.2) is 13.1 Å². The number of benzene rings is 1. The second kappa shape index (κ2) is 9.17. The van der Waals surface area contributed by atoms with E-state index in [2.05, 4.69) is 16.6 Å². The molecular formula is C16H24ClN3O3S. The molecule has 1 saturated heterocycles. The number of likely N-dealkylation sites (N-methyl/N-ethyl adjacent to an activating group) is 1. The Morgan fingerprint density at radius 2 is 2.04 bits per heavy atom. The molecule has 1 unspecified atom stereocenters. The van der Waals surface area contributed by atoms with Crippen molar-refractivity contribution in [2.24, 2.45) is 0 Å². The van der Waals surface area contributed by atoms with Crippen molar-refractivity contribution in [3.8, 4) is 0 Å². The smallest absolute Gasteiger partial charge is 0.254 e. The number of amides is 1. The third kappa shape index (κ3) is 4.80. The van der Waals surface area contributed by atoms with Crippen molar-refractivity contribution >= 4 is 28.3 Å². The summed E-state index contributed by atoms with van der Waals surface area (Å²) in [6.07, 6.45) is 3.46. The van der Waals surface area contributed by atoms with E-state index in [0.717, 1.165) is 25.9 Å². The van der Waals surface area contributed by atoms with Crippen LogP contribution in [-0.4, -0.2) is 51.9 Å². The van der Waals surface area contributed by atoms with Crippen LogP contribution in [0.5, 0.6) is 0 Å². The Bertz CT molecular complexity index is 662. The Hall–Kier alpha value is -1.41. The fourth-order valence-electron chi connectivity index (χ4n) is 2.75. The third-order valence-electron chi connectivity index (χ3n) is 3.91. The number of carbonyl (C=O) groups excluding carboxylic acids is 1. The highest BCUT2D eigenvalue weighted by Crippen LogP contribution is 2.20. The lowest BCUT2D eigenvalue weighted by Crippen LogP contribution is -2.40. The highest BCUT2D eigenvalue weighted by Gasteiger charge is 2.28. The van der Waals surface area contributed by atoms with Crippen LogP contribution in [0.25, 0.3) is 0 Å². The van der Waals surface area contributed by atoms with Crippen molar-refractivity contribution in [1.29, 1.82) is 0 Å². The molecule has 2 rings (SSSR count). The molecule has 0 aliphatic carbocycles. The molecule has 1 aliphatic heterocycles. The molecule has 6 nitrogen and oxygen atoms in total. The van der Waals surface area contributed by atoms with E-state index in [1.54, 1.807) is 12.1 Å². The highest BCUT2D eigenvalue weighted by molar-refractivity contribution is 7.89. The van der Waals surface area contributed by atoms with Crippen molar-refractivity contribution in [2.75, 3.05) is 26.7 Å². The summed E-state index contributed by atoms with van der Waals surface area (Å²) in [5.74, 6) is -0.0502. The number of hydrogen-bond acceptors (Lipinski definition) is 4. The number of sulfonamides is 1. The number of likely N-dealkylation sites (tertiary alicyclic amines) is 1. The fourth-order valence-corrected chi connectivity index (χ4v) is 3.74. The Kier molecular flexibility index (Phi) is 7.89. The van der Waals surface area contributed by atoms with E-state index in [0.29, 0.717) is 5.56 Å². The second-order valence-electron chi connectivity index (χ2n) is 5.52. The monoisotopic (exact) mass is 373 g/mol. The first-order valence-electron chi connectivity index (χ1n) is 7.66. The minimum Gasteiger partial charge on any atom is -0.334 e. The van der Waals surface area contributed by atoms with E-state index in [1.807, 2.05) is 11.9 Å². The van der Waals surface area contributed by atoms with E-state index in [1.165, 1.54) is 18.2 Å². The van der Waals surface area contributed by atoms with E-state index in [-0.39, 0.29) is 35.8 Å². The molecule has 134 valence electrons. The van der Waals surface area contributed by atoms with Crippen LogP contribution in [0.2, 0.25) is 0 Å². The molecule has 1 heterocycles. The van der Waals surface area contributed by atoms with E-state index in [9.17, 15) is 13.2 Å². The minimum absolute atomic E-state index is 0. The zero-order valence-corrected chi connectivity index (χ0v) is 15.3. The van der Waals surface area contributed by atoms with Crippen molar-refractivity contribution in [3.05, 3.63) is 42.5 Å². The summed E-state index contributed by atoms with van der Waals surface area (Å²) in [6, 6.07) is 6.26. The maximum absolute atomic E-state index is 12.6. The van der Waals surface area contributed by atoms with Crippen LogP contribution in [0.15, 0.2) is 41.8 Å². The Morgan fingerprint density at radius 3 is 2.62 bits per heavy atom. The molecule has 1 atom stereocenters. The minimum atomic E-state index is -3.56. The lowest BCUT2D eigenvalue weighted by molar-refractivity contribution is 0.0737. The summed E-state index contributed by atoms with van der Waals surface area (Å²) in [7, 11) is -1.69. The van der Waals surface area contributed by atoms with Gasteiger partial charge in [0.1, 0.15) is 0 Å². The maximum atomic E-state index is 12.6. The third-order valence-corrected chi connectivity index (χ3v) is 5.35. The van der Waals surface area contributed by atoms with E-state index >= 15 is 0 Å². The normalized spacial score (nSPS) is 17.4. The van der Waals surface area contributed by atoms with Crippen LogP contribution in [-0.2, 0) is 10.0 Å². The van der Waals surface area contributed by atoms with Crippen molar-refractivity contribution in [2.45, 2.75) is 23.8 Å². The van der Waals surface area contributed by atoms with Gasteiger partial charge < -0.3 is 10.2 Å². The SMILES string of the molecule is C=CCNS(=O)(=O)c1ccc(C(=O)N2CCCC2CNC)cc1.Cl.